The van der Waals surface area contributed by atoms with Gasteiger partial charge in [-0.1, -0.05) is 0 Å². The van der Waals surface area contributed by atoms with E-state index < -0.39 is 0 Å². The lowest BCUT2D eigenvalue weighted by Crippen LogP contribution is -2.48. The normalized spacial score (nSPS) is 17.2. The fourth-order valence-electron chi connectivity index (χ4n) is 3.83. The van der Waals surface area contributed by atoms with Gasteiger partial charge in [0, 0.05) is 38.7 Å². The first-order chi connectivity index (χ1) is 14.1. The average molecular weight is 416 g/mol. The number of hydrogen-bond acceptors (Lipinski definition) is 7. The second kappa shape index (κ2) is 8.51. The molecule has 8 heteroatoms. The van der Waals surface area contributed by atoms with Crippen LogP contribution in [0.15, 0.2) is 18.2 Å². The van der Waals surface area contributed by atoms with Crippen molar-refractivity contribution in [3.8, 4) is 11.5 Å². The SMILES string of the molecule is COc1ccc(C(=O)N2CCN(Cc3nc4c(s3)C(=O)CCC4)CC2)c(OC)c1. The Labute approximate surface area is 174 Å². The van der Waals surface area contributed by atoms with Crippen LogP contribution >= 0.6 is 11.3 Å². The van der Waals surface area contributed by atoms with Gasteiger partial charge >= 0.3 is 0 Å². The van der Waals surface area contributed by atoms with Crippen molar-refractivity contribution in [2.75, 3.05) is 40.4 Å². The van der Waals surface area contributed by atoms with E-state index in [4.69, 9.17) is 9.47 Å². The van der Waals surface area contributed by atoms with E-state index in [0.717, 1.165) is 48.1 Å². The summed E-state index contributed by atoms with van der Waals surface area (Å²) in [5.41, 5.74) is 1.52. The molecule has 29 heavy (non-hydrogen) atoms. The van der Waals surface area contributed by atoms with Crippen LogP contribution in [0.25, 0.3) is 0 Å². The van der Waals surface area contributed by atoms with Crippen LogP contribution < -0.4 is 9.47 Å². The summed E-state index contributed by atoms with van der Waals surface area (Å²) < 4.78 is 10.6. The largest absolute Gasteiger partial charge is 0.497 e. The molecule has 154 valence electrons. The molecule has 0 unspecified atom stereocenters. The number of carbonyl (C=O) groups is 2. The summed E-state index contributed by atoms with van der Waals surface area (Å²) in [6.07, 6.45) is 2.46. The minimum absolute atomic E-state index is 0.0283. The van der Waals surface area contributed by atoms with Crippen molar-refractivity contribution in [2.24, 2.45) is 0 Å². The summed E-state index contributed by atoms with van der Waals surface area (Å²) in [6, 6.07) is 5.26. The van der Waals surface area contributed by atoms with E-state index in [1.54, 1.807) is 32.4 Å². The molecule has 0 bridgehead atoms. The third-order valence-corrected chi connectivity index (χ3v) is 6.59. The van der Waals surface area contributed by atoms with E-state index >= 15 is 0 Å². The van der Waals surface area contributed by atoms with E-state index in [1.165, 1.54) is 11.3 Å². The molecule has 0 saturated carbocycles. The summed E-state index contributed by atoms with van der Waals surface area (Å²) in [4.78, 5) is 34.7. The Hall–Kier alpha value is -2.45. The molecule has 1 aromatic heterocycles. The third kappa shape index (κ3) is 4.13. The number of rotatable bonds is 5. The molecule has 0 N–H and O–H groups in total. The maximum atomic E-state index is 13.0. The Bertz CT molecular complexity index is 919. The molecule has 0 radical (unpaired) electrons. The molecule has 2 heterocycles. The molecular weight excluding hydrogens is 390 g/mol. The van der Waals surface area contributed by atoms with Crippen LogP contribution in [0.5, 0.6) is 11.5 Å². The standard InChI is InChI=1S/C21H25N3O4S/c1-27-14-6-7-15(18(12-14)28-2)21(26)24-10-8-23(9-11-24)13-19-22-16-4-3-5-17(25)20(16)29-19/h6-7,12H,3-5,8-11,13H2,1-2H3. The number of methoxy groups -OCH3 is 2. The highest BCUT2D eigenvalue weighted by molar-refractivity contribution is 7.13. The third-order valence-electron chi connectivity index (χ3n) is 5.47. The number of ketones is 1. The van der Waals surface area contributed by atoms with Crippen LogP contribution in [0.4, 0.5) is 0 Å². The molecule has 1 aliphatic carbocycles. The topological polar surface area (TPSA) is 72.0 Å². The predicted octanol–water partition coefficient (Wildman–Crippen LogP) is 2.64. The zero-order valence-corrected chi connectivity index (χ0v) is 17.6. The lowest BCUT2D eigenvalue weighted by atomic mass is 10.0. The van der Waals surface area contributed by atoms with Crippen molar-refractivity contribution in [1.29, 1.82) is 0 Å². The summed E-state index contributed by atoms with van der Waals surface area (Å²) in [6.45, 7) is 3.60. The molecule has 1 amide bonds. The fraction of sp³-hybridized carbons (Fsp3) is 0.476. The van der Waals surface area contributed by atoms with Crippen molar-refractivity contribution in [3.63, 3.8) is 0 Å². The van der Waals surface area contributed by atoms with E-state index in [9.17, 15) is 9.59 Å². The van der Waals surface area contributed by atoms with Crippen molar-refractivity contribution in [2.45, 2.75) is 25.8 Å². The van der Waals surface area contributed by atoms with Gasteiger partial charge in [0.15, 0.2) is 5.78 Å². The number of thiazole rings is 1. The van der Waals surface area contributed by atoms with Gasteiger partial charge in [0.05, 0.1) is 36.9 Å². The maximum absolute atomic E-state index is 13.0. The molecule has 1 saturated heterocycles. The van der Waals surface area contributed by atoms with Gasteiger partial charge in [-0.15, -0.1) is 11.3 Å². The van der Waals surface area contributed by atoms with Gasteiger partial charge in [-0.2, -0.15) is 0 Å². The second-order valence-electron chi connectivity index (χ2n) is 7.29. The van der Waals surface area contributed by atoms with Crippen LogP contribution in [0.1, 0.15) is 43.6 Å². The lowest BCUT2D eigenvalue weighted by molar-refractivity contribution is 0.0625. The number of carbonyl (C=O) groups excluding carboxylic acids is 2. The quantitative estimate of drug-likeness (QED) is 0.748. The maximum Gasteiger partial charge on any atom is 0.257 e. The smallest absolute Gasteiger partial charge is 0.257 e. The summed E-state index contributed by atoms with van der Waals surface area (Å²) in [5, 5.41) is 1.00. The Kier molecular flexibility index (Phi) is 5.82. The number of piperazine rings is 1. The van der Waals surface area contributed by atoms with Crippen LogP contribution in [-0.4, -0.2) is 66.9 Å². The molecule has 2 aromatic rings. The molecule has 7 nitrogen and oxygen atoms in total. The van der Waals surface area contributed by atoms with Gasteiger partial charge < -0.3 is 14.4 Å². The average Bonchev–Trinajstić information content (AvgIpc) is 3.17. The molecular formula is C21H25N3O4S. The number of ether oxygens (including phenoxy) is 2. The predicted molar refractivity (Wildman–Crippen MR) is 110 cm³/mol. The van der Waals surface area contributed by atoms with Crippen molar-refractivity contribution < 1.29 is 19.1 Å². The van der Waals surface area contributed by atoms with Crippen LogP contribution in [-0.2, 0) is 13.0 Å². The highest BCUT2D eigenvalue weighted by atomic mass is 32.1. The summed E-state index contributed by atoms with van der Waals surface area (Å²) in [7, 11) is 3.14. The van der Waals surface area contributed by atoms with Gasteiger partial charge in [0.2, 0.25) is 0 Å². The lowest BCUT2D eigenvalue weighted by Gasteiger charge is -2.34. The Balaban J connectivity index is 1.37. The first kappa shape index (κ1) is 19.8. The van der Waals surface area contributed by atoms with Gasteiger partial charge in [0.1, 0.15) is 16.5 Å². The van der Waals surface area contributed by atoms with E-state index in [1.807, 2.05) is 4.90 Å². The monoisotopic (exact) mass is 415 g/mol. The number of benzene rings is 1. The van der Waals surface area contributed by atoms with Gasteiger partial charge in [0.25, 0.3) is 5.91 Å². The Morgan fingerprint density at radius 2 is 1.93 bits per heavy atom. The molecule has 1 aromatic carbocycles. The number of fused-ring (bicyclic) bond motifs is 1. The molecule has 0 spiro atoms. The van der Waals surface area contributed by atoms with Crippen molar-refractivity contribution >= 4 is 23.0 Å². The number of aromatic nitrogens is 1. The molecule has 4 rings (SSSR count). The van der Waals surface area contributed by atoms with Crippen molar-refractivity contribution in [3.05, 3.63) is 39.3 Å². The zero-order chi connectivity index (χ0) is 20.4. The van der Waals surface area contributed by atoms with E-state index in [0.29, 0.717) is 36.6 Å². The number of aryl methyl sites for hydroxylation is 1. The highest BCUT2D eigenvalue weighted by Crippen LogP contribution is 2.28. The van der Waals surface area contributed by atoms with E-state index in [2.05, 4.69) is 9.88 Å². The highest BCUT2D eigenvalue weighted by Gasteiger charge is 2.27. The number of amides is 1. The van der Waals surface area contributed by atoms with Crippen molar-refractivity contribution in [1.82, 2.24) is 14.8 Å². The first-order valence-corrected chi connectivity index (χ1v) is 10.7. The van der Waals surface area contributed by atoms with Crippen LogP contribution in [0.2, 0.25) is 0 Å². The van der Waals surface area contributed by atoms with Gasteiger partial charge in [-0.3, -0.25) is 14.5 Å². The van der Waals surface area contributed by atoms with Crippen LogP contribution in [0.3, 0.4) is 0 Å². The number of Topliss-reactive ketones (excluding diaryl/α,β-unsaturated/α-hetero) is 1. The molecule has 2 aliphatic rings. The minimum atomic E-state index is -0.0283. The minimum Gasteiger partial charge on any atom is -0.497 e. The Morgan fingerprint density at radius 1 is 1.14 bits per heavy atom. The number of hydrogen-bond donors (Lipinski definition) is 0. The fourth-order valence-corrected chi connectivity index (χ4v) is 4.95. The zero-order valence-electron chi connectivity index (χ0n) is 16.8. The number of nitrogens with zero attached hydrogens (tertiary/aromatic N) is 3. The molecule has 0 atom stereocenters. The van der Waals surface area contributed by atoms with Crippen LogP contribution in [0, 0.1) is 0 Å². The van der Waals surface area contributed by atoms with Gasteiger partial charge in [-0.25, -0.2) is 4.98 Å². The first-order valence-electron chi connectivity index (χ1n) is 9.84. The van der Waals surface area contributed by atoms with Gasteiger partial charge in [-0.05, 0) is 25.0 Å². The molecule has 1 aliphatic heterocycles. The molecule has 1 fully saturated rings. The second-order valence-corrected chi connectivity index (χ2v) is 8.38. The summed E-state index contributed by atoms with van der Waals surface area (Å²) in [5.74, 6) is 1.39. The van der Waals surface area contributed by atoms with E-state index in [-0.39, 0.29) is 11.7 Å². The summed E-state index contributed by atoms with van der Waals surface area (Å²) >= 11 is 1.54. The Morgan fingerprint density at radius 3 is 2.62 bits per heavy atom.